The second kappa shape index (κ2) is 8.24. The number of hydrogen-bond acceptors (Lipinski definition) is 4. The van der Waals surface area contributed by atoms with Crippen molar-refractivity contribution in [2.24, 2.45) is 0 Å². The van der Waals surface area contributed by atoms with Gasteiger partial charge in [0.2, 0.25) is 5.91 Å². The number of amides is 1. The fourth-order valence-corrected chi connectivity index (χ4v) is 2.33. The van der Waals surface area contributed by atoms with Gasteiger partial charge in [-0.25, -0.2) is 0 Å². The van der Waals surface area contributed by atoms with Crippen LogP contribution in [0, 0.1) is 0 Å². The van der Waals surface area contributed by atoms with Gasteiger partial charge >= 0.3 is 0 Å². The van der Waals surface area contributed by atoms with Crippen LogP contribution in [0.4, 0.5) is 0 Å². The van der Waals surface area contributed by atoms with Gasteiger partial charge in [0.15, 0.2) is 0 Å². The standard InChI is InChI=1S/C17H21N3O2/c1-2-16(13-21)20(12-15-4-3-7-19-11-15)17(22)10-14-5-8-18-9-6-14/h3-9,11,16,21H,2,10,12-13H2,1H3. The fraction of sp³-hybridized carbons (Fsp3) is 0.353. The Balaban J connectivity index is 2.14. The van der Waals surface area contributed by atoms with E-state index >= 15 is 0 Å². The SMILES string of the molecule is CCC(CO)N(Cc1cccnc1)C(=O)Cc1ccncc1. The van der Waals surface area contributed by atoms with Gasteiger partial charge in [0.1, 0.15) is 0 Å². The van der Waals surface area contributed by atoms with E-state index < -0.39 is 0 Å². The summed E-state index contributed by atoms with van der Waals surface area (Å²) in [4.78, 5) is 22.4. The molecule has 1 N–H and O–H groups in total. The molecule has 116 valence electrons. The van der Waals surface area contributed by atoms with Gasteiger partial charge in [0.05, 0.1) is 19.1 Å². The highest BCUT2D eigenvalue weighted by molar-refractivity contribution is 5.79. The lowest BCUT2D eigenvalue weighted by atomic mass is 10.1. The van der Waals surface area contributed by atoms with Crippen LogP contribution in [0.1, 0.15) is 24.5 Å². The Kier molecular flexibility index (Phi) is 6.03. The summed E-state index contributed by atoms with van der Waals surface area (Å²) in [6.07, 6.45) is 7.82. The van der Waals surface area contributed by atoms with Gasteiger partial charge in [0, 0.05) is 31.3 Å². The molecule has 22 heavy (non-hydrogen) atoms. The maximum absolute atomic E-state index is 12.7. The summed E-state index contributed by atoms with van der Waals surface area (Å²) in [6.45, 7) is 2.38. The molecule has 2 aromatic rings. The molecule has 5 heteroatoms. The zero-order valence-electron chi connectivity index (χ0n) is 12.7. The minimum Gasteiger partial charge on any atom is -0.394 e. The first-order valence-corrected chi connectivity index (χ1v) is 7.42. The van der Waals surface area contributed by atoms with Gasteiger partial charge in [-0.15, -0.1) is 0 Å². The number of rotatable bonds is 7. The lowest BCUT2D eigenvalue weighted by Gasteiger charge is -2.30. The molecule has 1 unspecified atom stereocenters. The maximum Gasteiger partial charge on any atom is 0.227 e. The van der Waals surface area contributed by atoms with Crippen LogP contribution in [0.15, 0.2) is 49.1 Å². The van der Waals surface area contributed by atoms with Crippen LogP contribution in [0.25, 0.3) is 0 Å². The topological polar surface area (TPSA) is 66.3 Å². The van der Waals surface area contributed by atoms with Crippen LogP contribution in [0.5, 0.6) is 0 Å². The van der Waals surface area contributed by atoms with Crippen LogP contribution >= 0.6 is 0 Å². The number of nitrogens with zero attached hydrogens (tertiary/aromatic N) is 3. The van der Waals surface area contributed by atoms with E-state index in [1.807, 2.05) is 31.2 Å². The Labute approximate surface area is 130 Å². The molecule has 2 heterocycles. The molecular weight excluding hydrogens is 278 g/mol. The minimum absolute atomic E-state index is 0.00375. The summed E-state index contributed by atoms with van der Waals surface area (Å²) in [7, 11) is 0. The third kappa shape index (κ3) is 4.36. The molecule has 5 nitrogen and oxygen atoms in total. The molecule has 1 amide bonds. The van der Waals surface area contributed by atoms with E-state index in [1.54, 1.807) is 29.7 Å². The lowest BCUT2D eigenvalue weighted by molar-refractivity contribution is -0.134. The van der Waals surface area contributed by atoms with Crippen LogP contribution in [0.2, 0.25) is 0 Å². The molecule has 0 aliphatic rings. The van der Waals surface area contributed by atoms with Crippen LogP contribution < -0.4 is 0 Å². The lowest BCUT2D eigenvalue weighted by Crippen LogP contribution is -2.42. The predicted molar refractivity (Wildman–Crippen MR) is 83.9 cm³/mol. The number of carbonyl (C=O) groups is 1. The van der Waals surface area contributed by atoms with Gasteiger partial charge in [-0.2, -0.15) is 0 Å². The average molecular weight is 299 g/mol. The Morgan fingerprint density at radius 2 is 1.95 bits per heavy atom. The average Bonchev–Trinajstić information content (AvgIpc) is 2.57. The molecule has 0 fully saturated rings. The summed E-state index contributed by atoms with van der Waals surface area (Å²) in [6, 6.07) is 7.26. The third-order valence-electron chi connectivity index (χ3n) is 3.62. The molecule has 2 aromatic heterocycles. The summed E-state index contributed by atoms with van der Waals surface area (Å²) >= 11 is 0. The van der Waals surface area contributed by atoms with Crippen molar-refractivity contribution in [1.82, 2.24) is 14.9 Å². The van der Waals surface area contributed by atoms with Crippen molar-refractivity contribution >= 4 is 5.91 Å². The number of aliphatic hydroxyl groups excluding tert-OH is 1. The summed E-state index contributed by atoms with van der Waals surface area (Å²) < 4.78 is 0. The van der Waals surface area contributed by atoms with E-state index in [2.05, 4.69) is 9.97 Å². The zero-order valence-corrected chi connectivity index (χ0v) is 12.7. The molecular formula is C17H21N3O2. The van der Waals surface area contributed by atoms with E-state index in [-0.39, 0.29) is 18.6 Å². The molecule has 2 rings (SSSR count). The Hall–Kier alpha value is -2.27. The minimum atomic E-state index is -0.186. The zero-order chi connectivity index (χ0) is 15.8. The van der Waals surface area contributed by atoms with Crippen molar-refractivity contribution < 1.29 is 9.90 Å². The molecule has 0 saturated heterocycles. The molecule has 0 aliphatic carbocycles. The highest BCUT2D eigenvalue weighted by Crippen LogP contribution is 2.13. The monoisotopic (exact) mass is 299 g/mol. The smallest absolute Gasteiger partial charge is 0.227 e. The summed E-state index contributed by atoms with van der Waals surface area (Å²) in [5.41, 5.74) is 1.88. The first-order chi connectivity index (χ1) is 10.7. The molecule has 0 bridgehead atoms. The van der Waals surface area contributed by atoms with Crippen LogP contribution in [-0.4, -0.2) is 38.5 Å². The third-order valence-corrected chi connectivity index (χ3v) is 3.62. The van der Waals surface area contributed by atoms with E-state index in [9.17, 15) is 9.90 Å². The number of carbonyl (C=O) groups excluding carboxylic acids is 1. The second-order valence-corrected chi connectivity index (χ2v) is 5.16. The molecule has 0 aliphatic heterocycles. The molecule has 0 aromatic carbocycles. The summed E-state index contributed by atoms with van der Waals surface area (Å²) in [5, 5.41) is 9.57. The van der Waals surface area contributed by atoms with Crippen molar-refractivity contribution in [3.63, 3.8) is 0 Å². The van der Waals surface area contributed by atoms with Crippen LogP contribution in [0.3, 0.4) is 0 Å². The molecule has 0 spiro atoms. The predicted octanol–water partition coefficient (Wildman–Crippen LogP) is 1.82. The Morgan fingerprint density at radius 1 is 1.18 bits per heavy atom. The van der Waals surface area contributed by atoms with Gasteiger partial charge in [-0.1, -0.05) is 13.0 Å². The van der Waals surface area contributed by atoms with Gasteiger partial charge in [-0.3, -0.25) is 14.8 Å². The van der Waals surface area contributed by atoms with Crippen molar-refractivity contribution in [2.45, 2.75) is 32.4 Å². The van der Waals surface area contributed by atoms with Gasteiger partial charge < -0.3 is 10.0 Å². The number of pyridine rings is 2. The second-order valence-electron chi connectivity index (χ2n) is 5.16. The van der Waals surface area contributed by atoms with E-state index in [1.165, 1.54) is 0 Å². The van der Waals surface area contributed by atoms with E-state index in [0.29, 0.717) is 19.4 Å². The van der Waals surface area contributed by atoms with E-state index in [0.717, 1.165) is 11.1 Å². The van der Waals surface area contributed by atoms with Crippen molar-refractivity contribution in [3.8, 4) is 0 Å². The molecule has 1 atom stereocenters. The number of hydrogen-bond donors (Lipinski definition) is 1. The highest BCUT2D eigenvalue weighted by atomic mass is 16.3. The van der Waals surface area contributed by atoms with Crippen molar-refractivity contribution in [1.29, 1.82) is 0 Å². The Morgan fingerprint density at radius 3 is 2.55 bits per heavy atom. The Bertz CT molecular complexity index is 571. The first-order valence-electron chi connectivity index (χ1n) is 7.42. The maximum atomic E-state index is 12.7. The first kappa shape index (κ1) is 16.1. The quantitative estimate of drug-likeness (QED) is 0.847. The van der Waals surface area contributed by atoms with Crippen LogP contribution in [-0.2, 0) is 17.8 Å². The van der Waals surface area contributed by atoms with Gasteiger partial charge in [0.25, 0.3) is 0 Å². The van der Waals surface area contributed by atoms with E-state index in [4.69, 9.17) is 0 Å². The largest absolute Gasteiger partial charge is 0.394 e. The number of aliphatic hydroxyl groups is 1. The summed E-state index contributed by atoms with van der Waals surface area (Å²) in [5.74, 6) is -0.00375. The van der Waals surface area contributed by atoms with Crippen molar-refractivity contribution in [2.75, 3.05) is 6.61 Å². The fourth-order valence-electron chi connectivity index (χ4n) is 2.33. The normalized spacial score (nSPS) is 11.9. The van der Waals surface area contributed by atoms with Gasteiger partial charge in [-0.05, 0) is 35.7 Å². The van der Waals surface area contributed by atoms with Crippen molar-refractivity contribution in [3.05, 3.63) is 60.2 Å². The molecule has 0 saturated carbocycles. The highest BCUT2D eigenvalue weighted by Gasteiger charge is 2.22. The molecule has 0 radical (unpaired) electrons. The number of aromatic nitrogens is 2.